The van der Waals surface area contributed by atoms with Crippen LogP contribution in [-0.4, -0.2) is 43.6 Å². The number of ether oxygens (including phenoxy) is 1. The van der Waals surface area contributed by atoms with E-state index in [1.165, 1.54) is 0 Å². The quantitative estimate of drug-likeness (QED) is 0.661. The Morgan fingerprint density at radius 2 is 1.96 bits per heavy atom. The summed E-state index contributed by atoms with van der Waals surface area (Å²) in [5.74, 6) is 0.578. The van der Waals surface area contributed by atoms with Crippen molar-refractivity contribution >= 4 is 23.4 Å². The van der Waals surface area contributed by atoms with E-state index < -0.39 is 0 Å². The molecule has 2 aromatic rings. The first kappa shape index (κ1) is 19.0. The first-order valence-electron chi connectivity index (χ1n) is 7.81. The van der Waals surface area contributed by atoms with Gasteiger partial charge in [0.2, 0.25) is 11.8 Å². The summed E-state index contributed by atoms with van der Waals surface area (Å²) in [4.78, 5) is 27.4. The van der Waals surface area contributed by atoms with Gasteiger partial charge in [-0.15, -0.1) is 0 Å². The molecule has 0 fully saturated rings. The summed E-state index contributed by atoms with van der Waals surface area (Å²) in [6.07, 6.45) is 2.15. The zero-order valence-corrected chi connectivity index (χ0v) is 14.6. The minimum absolute atomic E-state index is 0.0653. The van der Waals surface area contributed by atoms with Gasteiger partial charge in [0, 0.05) is 37.1 Å². The maximum atomic E-state index is 11.8. The molecule has 2 amide bonds. The molecule has 7 nitrogen and oxygen atoms in total. The standard InChI is InChI=1S/C17H20ClN3O4/c1-24-9-8-19-16(23)11-20-15(22)6-7-17-21-10-14(25-17)12-2-4-13(18)5-3-12/h2-5,10H,6-9,11H2,1H3,(H,19,23)(H,20,22). The van der Waals surface area contributed by atoms with Crippen molar-refractivity contribution in [2.24, 2.45) is 0 Å². The van der Waals surface area contributed by atoms with Gasteiger partial charge >= 0.3 is 0 Å². The molecule has 0 aliphatic rings. The van der Waals surface area contributed by atoms with Crippen LogP contribution in [0.15, 0.2) is 34.9 Å². The van der Waals surface area contributed by atoms with Crippen molar-refractivity contribution in [2.75, 3.05) is 26.8 Å². The molecule has 25 heavy (non-hydrogen) atoms. The molecule has 0 radical (unpaired) electrons. The molecule has 8 heteroatoms. The molecule has 0 saturated heterocycles. The van der Waals surface area contributed by atoms with Crippen molar-refractivity contribution in [1.82, 2.24) is 15.6 Å². The third kappa shape index (κ3) is 6.56. The Morgan fingerprint density at radius 1 is 1.20 bits per heavy atom. The van der Waals surface area contributed by atoms with Crippen LogP contribution in [0, 0.1) is 0 Å². The van der Waals surface area contributed by atoms with Crippen LogP contribution in [0.2, 0.25) is 5.02 Å². The number of methoxy groups -OCH3 is 1. The summed E-state index contributed by atoms with van der Waals surface area (Å²) >= 11 is 5.85. The summed E-state index contributed by atoms with van der Waals surface area (Å²) < 4.78 is 10.4. The van der Waals surface area contributed by atoms with Gasteiger partial charge in [0.05, 0.1) is 19.3 Å². The Balaban J connectivity index is 1.73. The van der Waals surface area contributed by atoms with Crippen LogP contribution in [0.4, 0.5) is 0 Å². The second-order valence-corrected chi connectivity index (χ2v) is 5.68. The molecule has 1 heterocycles. The smallest absolute Gasteiger partial charge is 0.239 e. The number of oxazole rings is 1. The van der Waals surface area contributed by atoms with E-state index in [1.54, 1.807) is 25.4 Å². The molecule has 2 rings (SSSR count). The Bertz CT molecular complexity index is 700. The van der Waals surface area contributed by atoms with E-state index in [0.29, 0.717) is 36.2 Å². The fourth-order valence-corrected chi connectivity index (χ4v) is 2.14. The minimum atomic E-state index is -0.258. The number of hydrogen-bond acceptors (Lipinski definition) is 5. The number of aromatic nitrogens is 1. The van der Waals surface area contributed by atoms with Gasteiger partial charge in [-0.2, -0.15) is 0 Å². The molecule has 134 valence electrons. The highest BCUT2D eigenvalue weighted by atomic mass is 35.5. The SMILES string of the molecule is COCCNC(=O)CNC(=O)CCc1ncc(-c2ccc(Cl)cc2)o1. The van der Waals surface area contributed by atoms with Gasteiger partial charge in [-0.1, -0.05) is 11.6 Å². The molecule has 0 aliphatic heterocycles. The Hall–Kier alpha value is -2.38. The number of nitrogens with one attached hydrogen (secondary N) is 2. The van der Waals surface area contributed by atoms with E-state index in [4.69, 9.17) is 20.8 Å². The number of halogens is 1. The maximum Gasteiger partial charge on any atom is 0.239 e. The van der Waals surface area contributed by atoms with Crippen LogP contribution in [-0.2, 0) is 20.7 Å². The van der Waals surface area contributed by atoms with Gasteiger partial charge < -0.3 is 19.8 Å². The fraction of sp³-hybridized carbons (Fsp3) is 0.353. The predicted molar refractivity (Wildman–Crippen MR) is 93.2 cm³/mol. The third-order valence-electron chi connectivity index (χ3n) is 3.32. The highest BCUT2D eigenvalue weighted by molar-refractivity contribution is 6.30. The Morgan fingerprint density at radius 3 is 2.68 bits per heavy atom. The average Bonchev–Trinajstić information content (AvgIpc) is 3.08. The molecule has 0 atom stereocenters. The molecular weight excluding hydrogens is 346 g/mol. The number of amides is 2. The highest BCUT2D eigenvalue weighted by Gasteiger charge is 2.10. The van der Waals surface area contributed by atoms with Crippen molar-refractivity contribution in [3.05, 3.63) is 41.4 Å². The lowest BCUT2D eigenvalue weighted by atomic mass is 10.2. The van der Waals surface area contributed by atoms with Gasteiger partial charge in [-0.05, 0) is 24.3 Å². The van der Waals surface area contributed by atoms with Gasteiger partial charge in [0.1, 0.15) is 0 Å². The first-order valence-corrected chi connectivity index (χ1v) is 8.19. The number of carbonyl (C=O) groups is 2. The summed E-state index contributed by atoms with van der Waals surface area (Å²) in [7, 11) is 1.55. The molecule has 2 N–H and O–H groups in total. The van der Waals surface area contributed by atoms with Crippen LogP contribution in [0.3, 0.4) is 0 Å². The van der Waals surface area contributed by atoms with Crippen LogP contribution >= 0.6 is 11.6 Å². The van der Waals surface area contributed by atoms with Crippen molar-refractivity contribution in [3.63, 3.8) is 0 Å². The van der Waals surface area contributed by atoms with Crippen LogP contribution < -0.4 is 10.6 Å². The first-order chi connectivity index (χ1) is 12.1. The molecular formula is C17H20ClN3O4. The van der Waals surface area contributed by atoms with Crippen molar-refractivity contribution in [3.8, 4) is 11.3 Å². The molecule has 0 saturated carbocycles. The van der Waals surface area contributed by atoms with E-state index in [9.17, 15) is 9.59 Å². The zero-order chi connectivity index (χ0) is 18.1. The van der Waals surface area contributed by atoms with Crippen molar-refractivity contribution in [2.45, 2.75) is 12.8 Å². The minimum Gasteiger partial charge on any atom is -0.441 e. The Kier molecular flexibility index (Phi) is 7.43. The third-order valence-corrected chi connectivity index (χ3v) is 3.57. The highest BCUT2D eigenvalue weighted by Crippen LogP contribution is 2.22. The van der Waals surface area contributed by atoms with Crippen LogP contribution in [0.25, 0.3) is 11.3 Å². The second-order valence-electron chi connectivity index (χ2n) is 5.24. The lowest BCUT2D eigenvalue weighted by Crippen LogP contribution is -2.38. The van der Waals surface area contributed by atoms with E-state index >= 15 is 0 Å². The predicted octanol–water partition coefficient (Wildman–Crippen LogP) is 1.81. The lowest BCUT2D eigenvalue weighted by Gasteiger charge is -2.05. The normalized spacial score (nSPS) is 10.5. The van der Waals surface area contributed by atoms with Crippen molar-refractivity contribution in [1.29, 1.82) is 0 Å². The van der Waals surface area contributed by atoms with Gasteiger partial charge in [0.25, 0.3) is 0 Å². The topological polar surface area (TPSA) is 93.5 Å². The number of hydrogen-bond donors (Lipinski definition) is 2. The largest absolute Gasteiger partial charge is 0.441 e. The number of aryl methyl sites for hydroxylation is 1. The summed E-state index contributed by atoms with van der Waals surface area (Å²) in [5.41, 5.74) is 0.861. The van der Waals surface area contributed by atoms with E-state index in [1.807, 2.05) is 12.1 Å². The fourth-order valence-electron chi connectivity index (χ4n) is 2.02. The molecule has 1 aromatic heterocycles. The van der Waals surface area contributed by atoms with E-state index in [-0.39, 0.29) is 24.8 Å². The number of rotatable bonds is 9. The molecule has 0 spiro atoms. The number of benzene rings is 1. The summed E-state index contributed by atoms with van der Waals surface area (Å²) in [6, 6.07) is 7.21. The molecule has 0 aliphatic carbocycles. The maximum absolute atomic E-state index is 11.8. The van der Waals surface area contributed by atoms with Crippen LogP contribution in [0.5, 0.6) is 0 Å². The molecule has 1 aromatic carbocycles. The van der Waals surface area contributed by atoms with E-state index in [2.05, 4.69) is 15.6 Å². The van der Waals surface area contributed by atoms with Crippen LogP contribution in [0.1, 0.15) is 12.3 Å². The second kappa shape index (κ2) is 9.80. The summed E-state index contributed by atoms with van der Waals surface area (Å²) in [5, 5.41) is 5.81. The monoisotopic (exact) mass is 365 g/mol. The average molecular weight is 366 g/mol. The zero-order valence-electron chi connectivity index (χ0n) is 13.9. The number of nitrogens with zero attached hydrogens (tertiary/aromatic N) is 1. The number of carbonyl (C=O) groups excluding carboxylic acids is 2. The summed E-state index contributed by atoms with van der Waals surface area (Å²) in [6.45, 7) is 0.777. The van der Waals surface area contributed by atoms with Gasteiger partial charge in [0.15, 0.2) is 11.7 Å². The van der Waals surface area contributed by atoms with Gasteiger partial charge in [-0.3, -0.25) is 9.59 Å². The van der Waals surface area contributed by atoms with Gasteiger partial charge in [-0.25, -0.2) is 4.98 Å². The lowest BCUT2D eigenvalue weighted by molar-refractivity contribution is -0.126. The molecule has 0 bridgehead atoms. The van der Waals surface area contributed by atoms with Crippen molar-refractivity contribution < 1.29 is 18.7 Å². The van der Waals surface area contributed by atoms with E-state index in [0.717, 1.165) is 5.56 Å². The molecule has 0 unspecified atom stereocenters. The Labute approximate surface area is 150 Å².